The molecule has 0 bridgehead atoms. The van der Waals surface area contributed by atoms with Gasteiger partial charge in [0.1, 0.15) is 6.10 Å². The van der Waals surface area contributed by atoms with Crippen molar-refractivity contribution in [3.63, 3.8) is 0 Å². The van der Waals surface area contributed by atoms with Crippen LogP contribution in [0.15, 0.2) is 12.1 Å². The van der Waals surface area contributed by atoms with Crippen LogP contribution in [-0.4, -0.2) is 33.0 Å². The minimum Gasteiger partial charge on any atom is -0.396 e. The van der Waals surface area contributed by atoms with Crippen LogP contribution >= 0.6 is 0 Å². The molecule has 0 fully saturated rings. The Labute approximate surface area is 89.2 Å². The highest BCUT2D eigenvalue weighted by Gasteiger charge is 2.18. The summed E-state index contributed by atoms with van der Waals surface area (Å²) in [5.74, 6) is 0. The van der Waals surface area contributed by atoms with Gasteiger partial charge in [-0.15, -0.1) is 0 Å². The quantitative estimate of drug-likeness (QED) is 0.677. The van der Waals surface area contributed by atoms with Gasteiger partial charge in [-0.05, 0) is 38.0 Å². The van der Waals surface area contributed by atoms with E-state index >= 15 is 0 Å². The lowest BCUT2D eigenvalue weighted by molar-refractivity contribution is 0.00412. The molecule has 84 valence electrons. The number of pyridine rings is 1. The van der Waals surface area contributed by atoms with Gasteiger partial charge in [-0.1, -0.05) is 0 Å². The Morgan fingerprint density at radius 2 is 1.73 bits per heavy atom. The fourth-order valence-corrected chi connectivity index (χ4v) is 1.55. The lowest BCUT2D eigenvalue weighted by Crippen LogP contribution is -2.19. The summed E-state index contributed by atoms with van der Waals surface area (Å²) in [6, 6.07) is 3.47. The Kier molecular flexibility index (Phi) is 4.20. The summed E-state index contributed by atoms with van der Waals surface area (Å²) in [6.45, 7) is 3.53. The molecule has 1 aromatic rings. The van der Waals surface area contributed by atoms with E-state index in [1.54, 1.807) is 12.1 Å². The van der Waals surface area contributed by atoms with E-state index < -0.39 is 12.2 Å². The maximum atomic E-state index is 9.78. The van der Waals surface area contributed by atoms with E-state index in [-0.39, 0.29) is 13.0 Å². The first-order valence-electron chi connectivity index (χ1n) is 4.96. The van der Waals surface area contributed by atoms with Crippen molar-refractivity contribution in [3.8, 4) is 0 Å². The third-order valence-electron chi connectivity index (χ3n) is 2.23. The molecule has 0 aliphatic rings. The van der Waals surface area contributed by atoms with Crippen molar-refractivity contribution in [2.45, 2.75) is 32.5 Å². The Balaban J connectivity index is 2.85. The molecule has 2 unspecified atom stereocenters. The number of nitrogens with zero attached hydrogens (tertiary/aromatic N) is 1. The van der Waals surface area contributed by atoms with Crippen molar-refractivity contribution < 1.29 is 15.3 Å². The highest BCUT2D eigenvalue weighted by molar-refractivity contribution is 5.23. The fraction of sp³-hybridized carbons (Fsp3) is 0.545. The van der Waals surface area contributed by atoms with Gasteiger partial charge >= 0.3 is 0 Å². The van der Waals surface area contributed by atoms with Crippen LogP contribution < -0.4 is 0 Å². The van der Waals surface area contributed by atoms with Crippen LogP contribution in [-0.2, 0) is 0 Å². The van der Waals surface area contributed by atoms with Crippen molar-refractivity contribution in [1.82, 2.24) is 4.98 Å². The lowest BCUT2D eigenvalue weighted by Gasteiger charge is -2.17. The van der Waals surface area contributed by atoms with E-state index in [4.69, 9.17) is 5.11 Å². The van der Waals surface area contributed by atoms with E-state index in [2.05, 4.69) is 4.98 Å². The van der Waals surface area contributed by atoms with Gasteiger partial charge in [0.2, 0.25) is 0 Å². The first-order valence-corrected chi connectivity index (χ1v) is 4.96. The van der Waals surface area contributed by atoms with Crippen molar-refractivity contribution in [1.29, 1.82) is 0 Å². The standard InChI is InChI=1S/C11H17NO3/c1-7-5-9(6-8(2)12-7)11(15)10(14)3-4-13/h5-6,10-11,13-15H,3-4H2,1-2H3. The van der Waals surface area contributed by atoms with Crippen molar-refractivity contribution in [2.24, 2.45) is 0 Å². The third kappa shape index (κ3) is 3.27. The predicted molar refractivity (Wildman–Crippen MR) is 56.4 cm³/mol. The first kappa shape index (κ1) is 12.1. The molecule has 0 aliphatic heterocycles. The normalized spacial score (nSPS) is 15.0. The maximum Gasteiger partial charge on any atom is 0.105 e. The number of aliphatic hydroxyl groups excluding tert-OH is 3. The van der Waals surface area contributed by atoms with Crippen LogP contribution in [0, 0.1) is 13.8 Å². The lowest BCUT2D eigenvalue weighted by atomic mass is 10.0. The van der Waals surface area contributed by atoms with Crippen LogP contribution in [0.2, 0.25) is 0 Å². The van der Waals surface area contributed by atoms with Gasteiger partial charge in [-0.2, -0.15) is 0 Å². The molecule has 0 radical (unpaired) electrons. The zero-order chi connectivity index (χ0) is 11.4. The zero-order valence-electron chi connectivity index (χ0n) is 9.01. The van der Waals surface area contributed by atoms with Gasteiger partial charge < -0.3 is 15.3 Å². The Hall–Kier alpha value is -0.970. The van der Waals surface area contributed by atoms with Gasteiger partial charge in [0.15, 0.2) is 0 Å². The smallest absolute Gasteiger partial charge is 0.105 e. The van der Waals surface area contributed by atoms with Crippen LogP contribution in [0.4, 0.5) is 0 Å². The number of aryl methyl sites for hydroxylation is 2. The highest BCUT2D eigenvalue weighted by atomic mass is 16.3. The number of rotatable bonds is 4. The number of aliphatic hydroxyl groups is 3. The molecule has 3 N–H and O–H groups in total. The molecule has 15 heavy (non-hydrogen) atoms. The van der Waals surface area contributed by atoms with Gasteiger partial charge in [-0.25, -0.2) is 0 Å². The highest BCUT2D eigenvalue weighted by Crippen LogP contribution is 2.19. The molecular weight excluding hydrogens is 194 g/mol. The summed E-state index contributed by atoms with van der Waals surface area (Å²) in [4.78, 5) is 4.18. The zero-order valence-corrected chi connectivity index (χ0v) is 9.01. The topological polar surface area (TPSA) is 73.6 Å². The van der Waals surface area contributed by atoms with E-state index in [1.807, 2.05) is 13.8 Å². The summed E-state index contributed by atoms with van der Waals surface area (Å²) in [6.07, 6.45) is -1.73. The molecule has 1 aromatic heterocycles. The molecule has 0 amide bonds. The van der Waals surface area contributed by atoms with E-state index in [1.165, 1.54) is 0 Å². The van der Waals surface area contributed by atoms with Gasteiger partial charge in [0.25, 0.3) is 0 Å². The monoisotopic (exact) mass is 211 g/mol. The molecule has 0 spiro atoms. The second-order valence-electron chi connectivity index (χ2n) is 3.71. The molecule has 4 nitrogen and oxygen atoms in total. The predicted octanol–water partition coefficient (Wildman–Crippen LogP) is 0.475. The maximum absolute atomic E-state index is 9.78. The Morgan fingerprint density at radius 1 is 1.20 bits per heavy atom. The molecule has 2 atom stereocenters. The first-order chi connectivity index (χ1) is 7.04. The van der Waals surface area contributed by atoms with Crippen LogP contribution in [0.1, 0.15) is 29.5 Å². The minimum absolute atomic E-state index is 0.138. The summed E-state index contributed by atoms with van der Waals surface area (Å²) in [5, 5.41) is 28.0. The van der Waals surface area contributed by atoms with Crippen molar-refractivity contribution in [3.05, 3.63) is 29.1 Å². The Bertz CT molecular complexity index is 307. The van der Waals surface area contributed by atoms with Crippen LogP contribution in [0.5, 0.6) is 0 Å². The Morgan fingerprint density at radius 3 is 2.20 bits per heavy atom. The molecule has 0 saturated carbocycles. The molecule has 4 heteroatoms. The average Bonchev–Trinajstić information content (AvgIpc) is 2.15. The van der Waals surface area contributed by atoms with E-state index in [0.29, 0.717) is 5.56 Å². The van der Waals surface area contributed by atoms with Gasteiger partial charge in [0.05, 0.1) is 6.10 Å². The van der Waals surface area contributed by atoms with Crippen LogP contribution in [0.3, 0.4) is 0 Å². The van der Waals surface area contributed by atoms with Crippen LogP contribution in [0.25, 0.3) is 0 Å². The summed E-state index contributed by atoms with van der Waals surface area (Å²) in [7, 11) is 0. The largest absolute Gasteiger partial charge is 0.396 e. The molecule has 0 saturated heterocycles. The molecule has 1 heterocycles. The number of aromatic nitrogens is 1. The number of hydrogen-bond acceptors (Lipinski definition) is 4. The van der Waals surface area contributed by atoms with Crippen molar-refractivity contribution >= 4 is 0 Å². The second kappa shape index (κ2) is 5.21. The SMILES string of the molecule is Cc1cc(C(O)C(O)CCO)cc(C)n1. The van der Waals surface area contributed by atoms with Gasteiger partial charge in [-0.3, -0.25) is 4.98 Å². The molecule has 0 aromatic carbocycles. The van der Waals surface area contributed by atoms with E-state index in [0.717, 1.165) is 11.4 Å². The third-order valence-corrected chi connectivity index (χ3v) is 2.23. The summed E-state index contributed by atoms with van der Waals surface area (Å²) in [5.41, 5.74) is 2.25. The molecule has 0 aliphatic carbocycles. The second-order valence-corrected chi connectivity index (χ2v) is 3.71. The fourth-order valence-electron chi connectivity index (χ4n) is 1.55. The molecule has 1 rings (SSSR count). The molecular formula is C11H17NO3. The average molecular weight is 211 g/mol. The number of hydrogen-bond donors (Lipinski definition) is 3. The summed E-state index contributed by atoms with van der Waals surface area (Å²) >= 11 is 0. The summed E-state index contributed by atoms with van der Waals surface area (Å²) < 4.78 is 0. The van der Waals surface area contributed by atoms with Gasteiger partial charge in [0, 0.05) is 18.0 Å². The minimum atomic E-state index is -0.961. The van der Waals surface area contributed by atoms with Crippen molar-refractivity contribution in [2.75, 3.05) is 6.61 Å². The van der Waals surface area contributed by atoms with E-state index in [9.17, 15) is 10.2 Å².